The van der Waals surface area contributed by atoms with E-state index in [4.69, 9.17) is 9.84 Å². The van der Waals surface area contributed by atoms with Crippen molar-refractivity contribution in [1.29, 1.82) is 0 Å². The van der Waals surface area contributed by atoms with Crippen LogP contribution in [0.1, 0.15) is 34.8 Å². The molecule has 5 nitrogen and oxygen atoms in total. The Labute approximate surface area is 147 Å². The third-order valence-electron chi connectivity index (χ3n) is 3.81. The molecule has 1 unspecified atom stereocenters. The van der Waals surface area contributed by atoms with Crippen LogP contribution in [-0.2, 0) is 11.2 Å². The lowest BCUT2D eigenvalue weighted by Gasteiger charge is -2.18. The Morgan fingerprint density at radius 3 is 2.60 bits per heavy atom. The first-order valence-corrected chi connectivity index (χ1v) is 8.30. The van der Waals surface area contributed by atoms with Gasteiger partial charge in [0.15, 0.2) is 0 Å². The molecule has 132 valence electrons. The fourth-order valence-electron chi connectivity index (χ4n) is 2.44. The molecule has 1 atom stereocenters. The van der Waals surface area contributed by atoms with Gasteiger partial charge in [0.25, 0.3) is 0 Å². The maximum Gasteiger partial charge on any atom is 0.335 e. The van der Waals surface area contributed by atoms with Gasteiger partial charge in [0.2, 0.25) is 5.91 Å². The Morgan fingerprint density at radius 2 is 1.92 bits per heavy atom. The third-order valence-corrected chi connectivity index (χ3v) is 3.81. The number of carbonyl (C=O) groups is 2. The molecule has 1 amide bonds. The fraction of sp³-hybridized carbons (Fsp3) is 0.300. The molecule has 0 fully saturated rings. The highest BCUT2D eigenvalue weighted by atomic mass is 16.5. The van der Waals surface area contributed by atoms with Crippen molar-refractivity contribution in [3.63, 3.8) is 0 Å². The van der Waals surface area contributed by atoms with Crippen molar-refractivity contribution in [2.45, 2.75) is 32.8 Å². The Morgan fingerprint density at radius 1 is 1.16 bits per heavy atom. The third kappa shape index (κ3) is 5.95. The highest BCUT2D eigenvalue weighted by Gasteiger charge is 2.12. The van der Waals surface area contributed by atoms with Gasteiger partial charge >= 0.3 is 5.97 Å². The second-order valence-electron chi connectivity index (χ2n) is 5.95. The summed E-state index contributed by atoms with van der Waals surface area (Å²) in [5.74, 6) is -0.371. The van der Waals surface area contributed by atoms with Crippen molar-refractivity contribution >= 4 is 11.9 Å². The standard InChI is InChI=1S/C20H23NO4/c1-3-17(25-18-9-4-6-14(2)10-18)13-21-19(22)12-15-7-5-8-16(11-15)20(23)24/h4-11,17H,3,12-13H2,1-2H3,(H,21,22)(H,23,24). The minimum atomic E-state index is -1.00. The van der Waals surface area contributed by atoms with Crippen molar-refractivity contribution in [3.05, 3.63) is 65.2 Å². The maximum atomic E-state index is 12.1. The van der Waals surface area contributed by atoms with Gasteiger partial charge in [0, 0.05) is 0 Å². The number of hydrogen-bond acceptors (Lipinski definition) is 3. The number of carbonyl (C=O) groups excluding carboxylic acids is 1. The van der Waals surface area contributed by atoms with Gasteiger partial charge in [-0.3, -0.25) is 4.79 Å². The van der Waals surface area contributed by atoms with Crippen LogP contribution < -0.4 is 10.1 Å². The summed E-state index contributed by atoms with van der Waals surface area (Å²) >= 11 is 0. The van der Waals surface area contributed by atoms with Crippen LogP contribution in [0.5, 0.6) is 5.75 Å². The van der Waals surface area contributed by atoms with E-state index in [-0.39, 0.29) is 24.0 Å². The zero-order valence-electron chi connectivity index (χ0n) is 14.5. The number of rotatable bonds is 8. The molecule has 0 aromatic heterocycles. The minimum absolute atomic E-state index is 0.115. The maximum absolute atomic E-state index is 12.1. The molecule has 5 heteroatoms. The number of aromatic carboxylic acids is 1. The molecule has 0 radical (unpaired) electrons. The Hall–Kier alpha value is -2.82. The summed E-state index contributed by atoms with van der Waals surface area (Å²) in [6.45, 7) is 4.41. The van der Waals surface area contributed by atoms with E-state index in [2.05, 4.69) is 5.32 Å². The number of benzene rings is 2. The van der Waals surface area contributed by atoms with E-state index in [9.17, 15) is 9.59 Å². The molecule has 0 aliphatic heterocycles. The molecule has 25 heavy (non-hydrogen) atoms. The van der Waals surface area contributed by atoms with E-state index in [0.29, 0.717) is 12.1 Å². The molecule has 2 aromatic rings. The van der Waals surface area contributed by atoms with Gasteiger partial charge < -0.3 is 15.2 Å². The van der Waals surface area contributed by atoms with Crippen molar-refractivity contribution < 1.29 is 19.4 Å². The Balaban J connectivity index is 1.87. The molecule has 2 aromatic carbocycles. The molecule has 0 saturated carbocycles. The van der Waals surface area contributed by atoms with E-state index in [1.807, 2.05) is 38.1 Å². The van der Waals surface area contributed by atoms with Crippen molar-refractivity contribution in [2.75, 3.05) is 6.54 Å². The average Bonchev–Trinajstić information content (AvgIpc) is 2.58. The zero-order valence-corrected chi connectivity index (χ0v) is 14.5. The van der Waals surface area contributed by atoms with Crippen LogP contribution in [-0.4, -0.2) is 29.6 Å². The predicted molar refractivity (Wildman–Crippen MR) is 96.0 cm³/mol. The van der Waals surface area contributed by atoms with Crippen LogP contribution in [0, 0.1) is 6.92 Å². The van der Waals surface area contributed by atoms with Gasteiger partial charge in [0.05, 0.1) is 18.5 Å². The van der Waals surface area contributed by atoms with E-state index < -0.39 is 5.97 Å². The molecule has 2 N–H and O–H groups in total. The number of nitrogens with one attached hydrogen (secondary N) is 1. The van der Waals surface area contributed by atoms with Crippen molar-refractivity contribution in [1.82, 2.24) is 5.32 Å². The van der Waals surface area contributed by atoms with Gasteiger partial charge in [-0.15, -0.1) is 0 Å². The molecule has 2 rings (SSSR count). The van der Waals surface area contributed by atoms with Crippen LogP contribution in [0.15, 0.2) is 48.5 Å². The van der Waals surface area contributed by atoms with Gasteiger partial charge in [-0.25, -0.2) is 4.79 Å². The number of ether oxygens (including phenoxy) is 1. The summed E-state index contributed by atoms with van der Waals surface area (Å²) in [7, 11) is 0. The highest BCUT2D eigenvalue weighted by molar-refractivity contribution is 5.88. The SMILES string of the molecule is CCC(CNC(=O)Cc1cccc(C(=O)O)c1)Oc1cccc(C)c1. The smallest absolute Gasteiger partial charge is 0.335 e. The van der Waals surface area contributed by atoms with E-state index in [0.717, 1.165) is 17.7 Å². The Bertz CT molecular complexity index is 742. The monoisotopic (exact) mass is 341 g/mol. The molecule has 0 spiro atoms. The van der Waals surface area contributed by atoms with Crippen LogP contribution >= 0.6 is 0 Å². The molecule has 0 aliphatic carbocycles. The van der Waals surface area contributed by atoms with Crippen LogP contribution in [0.4, 0.5) is 0 Å². The van der Waals surface area contributed by atoms with Crippen LogP contribution in [0.3, 0.4) is 0 Å². The second kappa shape index (κ2) is 8.87. The summed E-state index contributed by atoms with van der Waals surface area (Å²) < 4.78 is 5.90. The van der Waals surface area contributed by atoms with Crippen LogP contribution in [0.2, 0.25) is 0 Å². The topological polar surface area (TPSA) is 75.6 Å². The molecule has 0 saturated heterocycles. The summed E-state index contributed by atoms with van der Waals surface area (Å²) in [6, 6.07) is 14.2. The van der Waals surface area contributed by atoms with Gasteiger partial charge in [-0.1, -0.05) is 31.2 Å². The number of amides is 1. The lowest BCUT2D eigenvalue weighted by atomic mass is 10.1. The molecular formula is C20H23NO4. The quantitative estimate of drug-likeness (QED) is 0.773. The minimum Gasteiger partial charge on any atom is -0.489 e. The normalized spacial score (nSPS) is 11.6. The van der Waals surface area contributed by atoms with E-state index in [1.54, 1.807) is 12.1 Å². The summed E-state index contributed by atoms with van der Waals surface area (Å²) in [5, 5.41) is 11.8. The highest BCUT2D eigenvalue weighted by Crippen LogP contribution is 2.15. The van der Waals surface area contributed by atoms with E-state index >= 15 is 0 Å². The number of carboxylic acids is 1. The van der Waals surface area contributed by atoms with Crippen molar-refractivity contribution in [2.24, 2.45) is 0 Å². The number of hydrogen-bond donors (Lipinski definition) is 2. The summed E-state index contributed by atoms with van der Waals surface area (Å²) in [5.41, 5.74) is 1.97. The number of aryl methyl sites for hydroxylation is 1. The van der Waals surface area contributed by atoms with Crippen LogP contribution in [0.25, 0.3) is 0 Å². The second-order valence-corrected chi connectivity index (χ2v) is 5.95. The largest absolute Gasteiger partial charge is 0.489 e. The zero-order chi connectivity index (χ0) is 18.2. The summed E-state index contributed by atoms with van der Waals surface area (Å²) in [4.78, 5) is 23.1. The lowest BCUT2D eigenvalue weighted by Crippen LogP contribution is -2.35. The van der Waals surface area contributed by atoms with E-state index in [1.165, 1.54) is 12.1 Å². The fourth-order valence-corrected chi connectivity index (χ4v) is 2.44. The molecule has 0 heterocycles. The van der Waals surface area contributed by atoms with Gasteiger partial charge in [-0.05, 0) is 48.7 Å². The average molecular weight is 341 g/mol. The Kier molecular flexibility index (Phi) is 6.57. The first kappa shape index (κ1) is 18.5. The molecular weight excluding hydrogens is 318 g/mol. The number of carboxylic acid groups (broad SMARTS) is 1. The van der Waals surface area contributed by atoms with Gasteiger partial charge in [-0.2, -0.15) is 0 Å². The first-order valence-electron chi connectivity index (χ1n) is 8.30. The first-order chi connectivity index (χ1) is 12.0. The van der Waals surface area contributed by atoms with Crippen molar-refractivity contribution in [3.8, 4) is 5.75 Å². The molecule has 0 bridgehead atoms. The molecule has 0 aliphatic rings. The lowest BCUT2D eigenvalue weighted by molar-refractivity contribution is -0.120. The van der Waals surface area contributed by atoms with Gasteiger partial charge in [0.1, 0.15) is 11.9 Å². The predicted octanol–water partition coefficient (Wildman–Crippen LogP) is 3.21. The summed E-state index contributed by atoms with van der Waals surface area (Å²) in [6.07, 6.45) is 0.793.